The lowest BCUT2D eigenvalue weighted by Gasteiger charge is -2.37. The number of phenols is 1. The van der Waals surface area contributed by atoms with Crippen molar-refractivity contribution >= 4 is 28.3 Å². The minimum absolute atomic E-state index is 0.155. The van der Waals surface area contributed by atoms with Crippen molar-refractivity contribution in [3.8, 4) is 22.9 Å². The van der Waals surface area contributed by atoms with Crippen LogP contribution in [0.5, 0.6) is 11.8 Å². The maximum absolute atomic E-state index is 10.5. The second-order valence-corrected chi connectivity index (χ2v) is 10.1. The van der Waals surface area contributed by atoms with E-state index >= 15 is 0 Å². The summed E-state index contributed by atoms with van der Waals surface area (Å²) in [5.41, 5.74) is 2.24. The van der Waals surface area contributed by atoms with Crippen LogP contribution in [0.3, 0.4) is 0 Å². The van der Waals surface area contributed by atoms with Crippen molar-refractivity contribution in [1.82, 2.24) is 20.2 Å². The Hall–Kier alpha value is -2.61. The first kappa shape index (κ1) is 21.9. The van der Waals surface area contributed by atoms with Crippen molar-refractivity contribution in [1.29, 1.82) is 0 Å². The van der Waals surface area contributed by atoms with Crippen LogP contribution in [0.25, 0.3) is 22.0 Å². The van der Waals surface area contributed by atoms with Gasteiger partial charge in [-0.2, -0.15) is 9.97 Å². The zero-order chi connectivity index (χ0) is 23.2. The molecule has 7 nitrogen and oxygen atoms in total. The van der Waals surface area contributed by atoms with Gasteiger partial charge in [-0.25, -0.2) is 0 Å². The molecule has 0 amide bonds. The minimum atomic E-state index is 0.155. The Bertz CT molecular complexity index is 1190. The average molecular weight is 480 g/mol. The van der Waals surface area contributed by atoms with E-state index in [1.165, 1.54) is 6.42 Å². The molecule has 6 rings (SSSR count). The summed E-state index contributed by atoms with van der Waals surface area (Å²) in [7, 11) is 2.15. The maximum Gasteiger partial charge on any atom is 0.319 e. The van der Waals surface area contributed by atoms with E-state index in [4.69, 9.17) is 26.3 Å². The van der Waals surface area contributed by atoms with Crippen molar-refractivity contribution in [2.24, 2.45) is 0 Å². The number of hydrogen-bond acceptors (Lipinski definition) is 7. The van der Waals surface area contributed by atoms with Crippen molar-refractivity contribution in [2.45, 2.75) is 43.8 Å². The summed E-state index contributed by atoms with van der Waals surface area (Å²) < 4.78 is 6.20. The molecule has 34 heavy (non-hydrogen) atoms. The quantitative estimate of drug-likeness (QED) is 0.571. The van der Waals surface area contributed by atoms with Crippen LogP contribution in [0, 0.1) is 0 Å². The van der Waals surface area contributed by atoms with Crippen molar-refractivity contribution in [3.63, 3.8) is 0 Å². The van der Waals surface area contributed by atoms with Gasteiger partial charge in [0.05, 0.1) is 10.5 Å². The van der Waals surface area contributed by atoms with Crippen molar-refractivity contribution < 1.29 is 9.84 Å². The first-order chi connectivity index (χ1) is 16.6. The standard InChI is InChI=1S/C26H30ClN5O2/c1-31-11-3-4-19(31)15-34-26-29-22-12-16(24-21(27)5-2-6-23(24)33)7-10-20(22)25(30-26)32-17-8-9-18(32)14-28-13-17/h2,5-7,10,12,17-19,28,33H,3-4,8-9,11,13-15H2,1H3/t17?,18?,19-/m0/s1. The van der Waals surface area contributed by atoms with Gasteiger partial charge >= 0.3 is 6.01 Å². The lowest BCUT2D eigenvalue weighted by Crippen LogP contribution is -2.52. The predicted octanol–water partition coefficient (Wildman–Crippen LogP) is 4.07. The number of benzene rings is 2. The number of aromatic hydroxyl groups is 1. The summed E-state index contributed by atoms with van der Waals surface area (Å²) in [5.74, 6) is 1.10. The van der Waals surface area contributed by atoms with Crippen molar-refractivity contribution in [2.75, 3.05) is 38.2 Å². The van der Waals surface area contributed by atoms with Gasteiger partial charge in [0, 0.05) is 42.2 Å². The number of ether oxygens (including phenoxy) is 1. The number of rotatable bonds is 5. The zero-order valence-corrected chi connectivity index (χ0v) is 20.1. The third kappa shape index (κ3) is 3.85. The smallest absolute Gasteiger partial charge is 0.319 e. The Kier molecular flexibility index (Phi) is 5.71. The molecule has 3 aliphatic rings. The molecule has 3 atom stereocenters. The van der Waals surface area contributed by atoms with Gasteiger partial charge in [0.2, 0.25) is 0 Å². The number of likely N-dealkylation sites (tertiary alicyclic amines) is 1. The lowest BCUT2D eigenvalue weighted by atomic mass is 10.0. The molecule has 1 aromatic heterocycles. The van der Waals surface area contributed by atoms with Gasteiger partial charge in [-0.1, -0.05) is 23.7 Å². The Morgan fingerprint density at radius 3 is 2.68 bits per heavy atom. The monoisotopic (exact) mass is 479 g/mol. The van der Waals surface area contributed by atoms with E-state index in [1.807, 2.05) is 12.1 Å². The van der Waals surface area contributed by atoms with Gasteiger partial charge < -0.3 is 25.0 Å². The number of phenolic OH excluding ortho intramolecular Hbond substituents is 1. The van der Waals surface area contributed by atoms with Crippen LogP contribution in [0.2, 0.25) is 5.02 Å². The first-order valence-corrected chi connectivity index (χ1v) is 12.6. The molecule has 2 unspecified atom stereocenters. The molecule has 3 fully saturated rings. The highest BCUT2D eigenvalue weighted by Crippen LogP contribution is 2.40. The molecular weight excluding hydrogens is 450 g/mol. The van der Waals surface area contributed by atoms with E-state index in [0.717, 1.165) is 61.2 Å². The normalized spacial score (nSPS) is 24.8. The Balaban J connectivity index is 1.43. The summed E-state index contributed by atoms with van der Waals surface area (Å²) in [6, 6.07) is 12.9. The number of hydrogen-bond donors (Lipinski definition) is 2. The molecule has 2 N–H and O–H groups in total. The fourth-order valence-corrected chi connectivity index (χ4v) is 6.07. The lowest BCUT2D eigenvalue weighted by molar-refractivity contribution is 0.188. The molecule has 4 heterocycles. The van der Waals surface area contributed by atoms with Crippen LogP contribution in [-0.4, -0.2) is 71.4 Å². The van der Waals surface area contributed by atoms with E-state index in [1.54, 1.807) is 18.2 Å². The highest BCUT2D eigenvalue weighted by Gasteiger charge is 2.38. The molecular formula is C26H30ClN5O2. The molecule has 0 saturated carbocycles. The van der Waals surface area contributed by atoms with E-state index < -0.39 is 0 Å². The molecule has 2 aromatic carbocycles. The van der Waals surface area contributed by atoms with Crippen LogP contribution in [0.4, 0.5) is 5.82 Å². The molecule has 0 spiro atoms. The van der Waals surface area contributed by atoms with E-state index in [2.05, 4.69) is 28.2 Å². The highest BCUT2D eigenvalue weighted by molar-refractivity contribution is 6.33. The minimum Gasteiger partial charge on any atom is -0.507 e. The summed E-state index contributed by atoms with van der Waals surface area (Å²) in [4.78, 5) is 14.6. The molecule has 3 aliphatic heterocycles. The molecule has 0 radical (unpaired) electrons. The topological polar surface area (TPSA) is 73.8 Å². The number of anilines is 1. The fraction of sp³-hybridized carbons (Fsp3) is 0.462. The van der Waals surface area contributed by atoms with E-state index in [0.29, 0.717) is 41.3 Å². The Morgan fingerprint density at radius 1 is 1.12 bits per heavy atom. The zero-order valence-electron chi connectivity index (χ0n) is 19.4. The Labute approximate surface area is 204 Å². The molecule has 2 bridgehead atoms. The summed E-state index contributed by atoms with van der Waals surface area (Å²) in [5, 5.41) is 15.5. The summed E-state index contributed by atoms with van der Waals surface area (Å²) >= 11 is 6.44. The van der Waals surface area contributed by atoms with E-state index in [-0.39, 0.29) is 5.75 Å². The van der Waals surface area contributed by atoms with Gasteiger partial charge in [-0.3, -0.25) is 0 Å². The largest absolute Gasteiger partial charge is 0.507 e. The Morgan fingerprint density at radius 2 is 1.94 bits per heavy atom. The number of piperazine rings is 1. The van der Waals surface area contributed by atoms with Gasteiger partial charge in [0.25, 0.3) is 0 Å². The van der Waals surface area contributed by atoms with Crippen molar-refractivity contribution in [3.05, 3.63) is 41.4 Å². The van der Waals surface area contributed by atoms with Crippen LogP contribution in [0.1, 0.15) is 25.7 Å². The van der Waals surface area contributed by atoms with Gasteiger partial charge in [-0.05, 0) is 69.1 Å². The number of nitrogens with one attached hydrogen (secondary N) is 1. The van der Waals surface area contributed by atoms with Gasteiger partial charge in [-0.15, -0.1) is 0 Å². The SMILES string of the molecule is CN1CCC[C@H]1COc1nc(N2C3CCC2CNC3)c2ccc(-c3c(O)cccc3Cl)cc2n1. The van der Waals surface area contributed by atoms with Crippen LogP contribution in [-0.2, 0) is 0 Å². The third-order valence-corrected chi connectivity index (χ3v) is 7.95. The number of fused-ring (bicyclic) bond motifs is 3. The van der Waals surface area contributed by atoms with Gasteiger partial charge in [0.15, 0.2) is 0 Å². The molecule has 0 aliphatic carbocycles. The maximum atomic E-state index is 10.5. The number of halogens is 1. The highest BCUT2D eigenvalue weighted by atomic mass is 35.5. The molecule has 8 heteroatoms. The van der Waals surface area contributed by atoms with Crippen LogP contribution >= 0.6 is 11.6 Å². The summed E-state index contributed by atoms with van der Waals surface area (Å²) in [6.07, 6.45) is 4.66. The van der Waals surface area contributed by atoms with Gasteiger partial charge in [0.1, 0.15) is 18.2 Å². The molecule has 3 saturated heterocycles. The molecule has 178 valence electrons. The average Bonchev–Trinajstić information content (AvgIpc) is 3.35. The van der Waals surface area contributed by atoms with Crippen LogP contribution in [0.15, 0.2) is 36.4 Å². The summed E-state index contributed by atoms with van der Waals surface area (Å²) in [6.45, 7) is 3.63. The van der Waals surface area contributed by atoms with Crippen LogP contribution < -0.4 is 15.0 Å². The first-order valence-electron chi connectivity index (χ1n) is 12.2. The predicted molar refractivity (Wildman–Crippen MR) is 135 cm³/mol. The second kappa shape index (κ2) is 8.87. The number of aromatic nitrogens is 2. The fourth-order valence-electron chi connectivity index (χ4n) is 5.79. The van der Waals surface area contributed by atoms with E-state index in [9.17, 15) is 5.11 Å². The third-order valence-electron chi connectivity index (χ3n) is 7.64. The number of likely N-dealkylation sites (N-methyl/N-ethyl adjacent to an activating group) is 1. The molecule has 3 aromatic rings. The number of nitrogens with zero attached hydrogens (tertiary/aromatic N) is 4. The second-order valence-electron chi connectivity index (χ2n) is 9.73.